The van der Waals surface area contributed by atoms with E-state index in [4.69, 9.17) is 27.9 Å². The third-order valence-electron chi connectivity index (χ3n) is 2.89. The molecule has 106 valence electrons. The van der Waals surface area contributed by atoms with Crippen LogP contribution in [0.5, 0.6) is 5.75 Å². The highest BCUT2D eigenvalue weighted by atomic mass is 35.5. The second-order valence-corrected chi connectivity index (χ2v) is 4.82. The molecule has 0 atom stereocenters. The number of benzene rings is 1. The van der Waals surface area contributed by atoms with Crippen molar-refractivity contribution < 1.29 is 4.74 Å². The fourth-order valence-corrected chi connectivity index (χ4v) is 2.36. The molecule has 0 radical (unpaired) electrons. The number of aromatic amines is 1. The van der Waals surface area contributed by atoms with E-state index in [0.717, 1.165) is 4.57 Å². The lowest BCUT2D eigenvalue weighted by Gasteiger charge is -2.10. The van der Waals surface area contributed by atoms with E-state index in [1.165, 1.54) is 13.2 Å². The molecular formula is C13H12Cl2N2O3. The maximum absolute atomic E-state index is 12.3. The van der Waals surface area contributed by atoms with Crippen LogP contribution >= 0.6 is 23.2 Å². The maximum Gasteiger partial charge on any atom is 0.334 e. The molecule has 0 amide bonds. The molecule has 0 spiro atoms. The molecule has 1 aromatic heterocycles. The highest BCUT2D eigenvalue weighted by Crippen LogP contribution is 2.25. The molecule has 1 N–H and O–H groups in total. The summed E-state index contributed by atoms with van der Waals surface area (Å²) in [7, 11) is 1.46. The zero-order valence-corrected chi connectivity index (χ0v) is 12.4. The highest BCUT2D eigenvalue weighted by Gasteiger charge is 2.13. The summed E-state index contributed by atoms with van der Waals surface area (Å²) in [6, 6.07) is 4.64. The Bertz CT molecular complexity index is 765. The smallest absolute Gasteiger partial charge is 0.334 e. The predicted molar refractivity (Wildman–Crippen MR) is 78.6 cm³/mol. The van der Waals surface area contributed by atoms with Gasteiger partial charge in [-0.15, -0.1) is 0 Å². The molecule has 1 heterocycles. The lowest BCUT2D eigenvalue weighted by molar-refractivity contribution is 0.415. The Morgan fingerprint density at radius 1 is 1.30 bits per heavy atom. The van der Waals surface area contributed by atoms with Gasteiger partial charge in [-0.1, -0.05) is 30.1 Å². The van der Waals surface area contributed by atoms with Crippen molar-refractivity contribution in [3.05, 3.63) is 54.8 Å². The summed E-state index contributed by atoms with van der Waals surface area (Å²) in [6.07, 6.45) is 0.416. The molecule has 2 rings (SSSR count). The fourth-order valence-electron chi connectivity index (χ4n) is 1.87. The minimum atomic E-state index is -0.610. The molecule has 0 aliphatic rings. The van der Waals surface area contributed by atoms with E-state index in [2.05, 4.69) is 4.98 Å². The normalized spacial score (nSPS) is 10.6. The minimum absolute atomic E-state index is 0.0691. The van der Waals surface area contributed by atoms with Gasteiger partial charge in [-0.25, -0.2) is 9.36 Å². The number of H-pyrrole nitrogens is 1. The summed E-state index contributed by atoms with van der Waals surface area (Å²) in [6.45, 7) is 1.79. The Morgan fingerprint density at radius 2 is 2.00 bits per heavy atom. The number of aromatic nitrogens is 2. The number of hydrogen-bond acceptors (Lipinski definition) is 3. The van der Waals surface area contributed by atoms with Gasteiger partial charge in [0.25, 0.3) is 5.56 Å². The number of hydrogen-bond donors (Lipinski definition) is 1. The van der Waals surface area contributed by atoms with Crippen molar-refractivity contribution in [2.45, 2.75) is 13.3 Å². The molecule has 0 unspecified atom stereocenters. The highest BCUT2D eigenvalue weighted by molar-refractivity contribution is 6.32. The number of nitrogens with zero attached hydrogens (tertiary/aromatic N) is 1. The van der Waals surface area contributed by atoms with E-state index in [1.807, 2.05) is 0 Å². The van der Waals surface area contributed by atoms with Crippen molar-refractivity contribution in [2.75, 3.05) is 7.11 Å². The van der Waals surface area contributed by atoms with Crippen molar-refractivity contribution >= 4 is 23.2 Å². The quantitative estimate of drug-likeness (QED) is 0.885. The largest absolute Gasteiger partial charge is 0.495 e. The monoisotopic (exact) mass is 314 g/mol. The summed E-state index contributed by atoms with van der Waals surface area (Å²) in [5.74, 6) is 0.378. The molecular weight excluding hydrogens is 303 g/mol. The van der Waals surface area contributed by atoms with Gasteiger partial charge in [-0.3, -0.25) is 9.78 Å². The average Bonchev–Trinajstić information content (AvgIpc) is 2.40. The summed E-state index contributed by atoms with van der Waals surface area (Å²) >= 11 is 11.8. The minimum Gasteiger partial charge on any atom is -0.495 e. The zero-order valence-electron chi connectivity index (χ0n) is 10.9. The van der Waals surface area contributed by atoms with E-state index in [9.17, 15) is 9.59 Å². The van der Waals surface area contributed by atoms with E-state index >= 15 is 0 Å². The van der Waals surface area contributed by atoms with Crippen molar-refractivity contribution in [1.29, 1.82) is 0 Å². The maximum atomic E-state index is 12.3. The Hall–Kier alpha value is -1.72. The van der Waals surface area contributed by atoms with Crippen LogP contribution in [0.25, 0.3) is 5.69 Å². The van der Waals surface area contributed by atoms with Gasteiger partial charge < -0.3 is 4.74 Å². The number of halogens is 2. The number of nitrogens with one attached hydrogen (secondary N) is 1. The first-order valence-corrected chi connectivity index (χ1v) is 6.62. The van der Waals surface area contributed by atoms with Gasteiger partial charge in [0, 0.05) is 6.07 Å². The Balaban J connectivity index is 2.76. The average molecular weight is 315 g/mol. The van der Waals surface area contributed by atoms with Gasteiger partial charge in [0.1, 0.15) is 10.9 Å². The Morgan fingerprint density at radius 3 is 2.60 bits per heavy atom. The lowest BCUT2D eigenvalue weighted by Crippen LogP contribution is -2.36. The van der Waals surface area contributed by atoms with Crippen LogP contribution in [0.2, 0.25) is 10.2 Å². The molecule has 7 heteroatoms. The van der Waals surface area contributed by atoms with Crippen LogP contribution < -0.4 is 16.0 Å². The molecule has 20 heavy (non-hydrogen) atoms. The van der Waals surface area contributed by atoms with Crippen LogP contribution in [0.1, 0.15) is 12.5 Å². The Labute approximate surface area is 124 Å². The molecule has 0 saturated carbocycles. The summed E-state index contributed by atoms with van der Waals surface area (Å²) in [4.78, 5) is 26.7. The molecule has 1 aromatic carbocycles. The van der Waals surface area contributed by atoms with Gasteiger partial charge in [0.05, 0.1) is 23.4 Å². The summed E-state index contributed by atoms with van der Waals surface area (Å²) in [5, 5.41) is 0.463. The SMILES string of the molecule is CCc1c(Cl)[nH]c(=O)n(-c2ccc(Cl)c(OC)c2)c1=O. The first-order valence-electron chi connectivity index (χ1n) is 5.87. The topological polar surface area (TPSA) is 64.1 Å². The number of ether oxygens (including phenoxy) is 1. The number of rotatable bonds is 3. The fraction of sp³-hybridized carbons (Fsp3) is 0.231. The molecule has 0 saturated heterocycles. The van der Waals surface area contributed by atoms with E-state index < -0.39 is 11.2 Å². The molecule has 2 aromatic rings. The lowest BCUT2D eigenvalue weighted by atomic mass is 10.2. The molecule has 5 nitrogen and oxygen atoms in total. The van der Waals surface area contributed by atoms with Gasteiger partial charge in [-0.2, -0.15) is 0 Å². The summed E-state index contributed by atoms with van der Waals surface area (Å²) < 4.78 is 6.09. The predicted octanol–water partition coefficient (Wildman–Crippen LogP) is 2.40. The standard InChI is InChI=1S/C13H12Cl2N2O3/c1-3-8-11(15)16-13(19)17(12(8)18)7-4-5-9(14)10(6-7)20-2/h4-6H,3H2,1-2H3,(H,16,19). The van der Waals surface area contributed by atoms with Gasteiger partial charge in [0.2, 0.25) is 0 Å². The molecule has 0 bridgehead atoms. The van der Waals surface area contributed by atoms with Crippen LogP contribution in [-0.2, 0) is 6.42 Å². The van der Waals surface area contributed by atoms with Gasteiger partial charge in [-0.05, 0) is 18.6 Å². The third kappa shape index (κ3) is 2.46. The van der Waals surface area contributed by atoms with Crippen molar-refractivity contribution in [2.24, 2.45) is 0 Å². The first kappa shape index (κ1) is 14.7. The first-order chi connectivity index (χ1) is 9.49. The van der Waals surface area contributed by atoms with E-state index in [1.54, 1.807) is 19.1 Å². The van der Waals surface area contributed by atoms with Crippen LogP contribution in [0.3, 0.4) is 0 Å². The van der Waals surface area contributed by atoms with E-state index in [-0.39, 0.29) is 5.15 Å². The Kier molecular flexibility index (Phi) is 4.20. The van der Waals surface area contributed by atoms with Gasteiger partial charge in [0.15, 0.2) is 0 Å². The van der Waals surface area contributed by atoms with Crippen LogP contribution in [-0.4, -0.2) is 16.7 Å². The van der Waals surface area contributed by atoms with Crippen LogP contribution in [0.15, 0.2) is 27.8 Å². The third-order valence-corrected chi connectivity index (χ3v) is 3.53. The van der Waals surface area contributed by atoms with Gasteiger partial charge >= 0.3 is 5.69 Å². The van der Waals surface area contributed by atoms with Crippen LogP contribution in [0.4, 0.5) is 0 Å². The second-order valence-electron chi connectivity index (χ2n) is 4.04. The van der Waals surface area contributed by atoms with Crippen molar-refractivity contribution in [3.63, 3.8) is 0 Å². The van der Waals surface area contributed by atoms with Crippen molar-refractivity contribution in [1.82, 2.24) is 9.55 Å². The molecule has 0 aliphatic carbocycles. The second kappa shape index (κ2) is 5.73. The van der Waals surface area contributed by atoms with Crippen LogP contribution in [0, 0.1) is 0 Å². The number of methoxy groups -OCH3 is 1. The molecule has 0 fully saturated rings. The van der Waals surface area contributed by atoms with E-state index in [0.29, 0.717) is 28.4 Å². The molecule has 0 aliphatic heterocycles. The van der Waals surface area contributed by atoms with Crippen molar-refractivity contribution in [3.8, 4) is 11.4 Å². The summed E-state index contributed by atoms with van der Waals surface area (Å²) in [5.41, 5.74) is -0.351. The zero-order chi connectivity index (χ0) is 14.9.